The van der Waals surface area contributed by atoms with Gasteiger partial charge in [0.2, 0.25) is 5.91 Å². The summed E-state index contributed by atoms with van der Waals surface area (Å²) < 4.78 is 11.6. The third kappa shape index (κ3) is 9.37. The summed E-state index contributed by atoms with van der Waals surface area (Å²) in [7, 11) is 3.09. The van der Waals surface area contributed by atoms with Crippen LogP contribution in [0.5, 0.6) is 11.5 Å². The number of anilines is 2. The molecule has 0 radical (unpaired) electrons. The molecule has 0 saturated carbocycles. The molecule has 3 N–H and O–H groups in total. The average molecular weight is 723 g/mol. The normalized spacial score (nSPS) is 11.6. The summed E-state index contributed by atoms with van der Waals surface area (Å²) in [6.45, 7) is 0. The van der Waals surface area contributed by atoms with E-state index in [0.717, 1.165) is 20.5 Å². The Morgan fingerprint density at radius 1 is 0.708 bits per heavy atom. The number of amides is 3. The summed E-state index contributed by atoms with van der Waals surface area (Å²) in [6, 6.07) is 37.9. The highest BCUT2D eigenvalue weighted by molar-refractivity contribution is 9.10. The summed E-state index contributed by atoms with van der Waals surface area (Å²) >= 11 is 4.76. The first-order valence-corrected chi connectivity index (χ1v) is 16.5. The molecule has 1 atom stereocenters. The largest absolute Gasteiger partial charge is 0.497 e. The summed E-state index contributed by atoms with van der Waals surface area (Å²) in [5, 5.41) is 8.02. The molecule has 0 aromatic heterocycles. The van der Waals surface area contributed by atoms with E-state index >= 15 is 0 Å². The smallest absolute Gasteiger partial charge is 0.272 e. The molecule has 10 heteroatoms. The predicted molar refractivity (Wildman–Crippen MR) is 194 cm³/mol. The van der Waals surface area contributed by atoms with Crippen LogP contribution >= 0.6 is 27.7 Å². The lowest BCUT2D eigenvalue weighted by Gasteiger charge is -2.18. The van der Waals surface area contributed by atoms with Crippen LogP contribution in [0, 0.1) is 0 Å². The van der Waals surface area contributed by atoms with Crippen LogP contribution in [0.25, 0.3) is 6.08 Å². The minimum Gasteiger partial charge on any atom is -0.497 e. The molecule has 0 fully saturated rings. The number of hydrogen-bond donors (Lipinski definition) is 3. The van der Waals surface area contributed by atoms with Crippen LogP contribution in [0.15, 0.2) is 142 Å². The van der Waals surface area contributed by atoms with Crippen molar-refractivity contribution in [2.24, 2.45) is 0 Å². The minimum atomic E-state index is -0.632. The van der Waals surface area contributed by atoms with Crippen molar-refractivity contribution in [1.29, 1.82) is 0 Å². The Morgan fingerprint density at radius 3 is 2.00 bits per heavy atom. The number of benzene rings is 5. The van der Waals surface area contributed by atoms with E-state index in [1.54, 1.807) is 81.0 Å². The third-order valence-corrected chi connectivity index (χ3v) is 8.79. The molecular weight excluding hydrogens is 690 g/mol. The van der Waals surface area contributed by atoms with Crippen LogP contribution in [-0.4, -0.2) is 31.9 Å². The molecule has 5 aromatic carbocycles. The van der Waals surface area contributed by atoms with E-state index in [1.165, 1.54) is 11.8 Å². The van der Waals surface area contributed by atoms with E-state index in [-0.39, 0.29) is 11.6 Å². The van der Waals surface area contributed by atoms with Crippen molar-refractivity contribution in [3.8, 4) is 11.5 Å². The van der Waals surface area contributed by atoms with Crippen molar-refractivity contribution in [2.45, 2.75) is 10.1 Å². The van der Waals surface area contributed by atoms with Crippen molar-refractivity contribution in [1.82, 2.24) is 5.32 Å². The van der Waals surface area contributed by atoms with Gasteiger partial charge in [0.1, 0.15) is 22.4 Å². The Kier molecular flexibility index (Phi) is 11.7. The monoisotopic (exact) mass is 721 g/mol. The first kappa shape index (κ1) is 34.0. The minimum absolute atomic E-state index is 0.0690. The fourth-order valence-corrected chi connectivity index (χ4v) is 5.99. The maximum atomic E-state index is 13.7. The Bertz CT molecular complexity index is 1900. The number of halogens is 1. The maximum Gasteiger partial charge on any atom is 0.272 e. The second kappa shape index (κ2) is 16.5. The highest BCUT2D eigenvalue weighted by atomic mass is 79.9. The van der Waals surface area contributed by atoms with E-state index in [2.05, 4.69) is 31.9 Å². The molecular formula is C38H32BrN3O5S. The summed E-state index contributed by atoms with van der Waals surface area (Å²) in [6.07, 6.45) is 1.62. The second-order valence-electron chi connectivity index (χ2n) is 10.4. The van der Waals surface area contributed by atoms with Gasteiger partial charge in [0.05, 0.1) is 14.2 Å². The highest BCUT2D eigenvalue weighted by Gasteiger charge is 2.23. The van der Waals surface area contributed by atoms with Crippen LogP contribution in [0.2, 0.25) is 0 Å². The van der Waals surface area contributed by atoms with Gasteiger partial charge in [-0.15, -0.1) is 11.8 Å². The van der Waals surface area contributed by atoms with Gasteiger partial charge in [-0.1, -0.05) is 82.7 Å². The number of ether oxygens (including phenoxy) is 2. The number of carbonyl (C=O) groups is 3. The molecule has 3 amide bonds. The number of methoxy groups -OCH3 is 2. The van der Waals surface area contributed by atoms with Crippen molar-refractivity contribution in [2.75, 3.05) is 24.9 Å². The zero-order chi connectivity index (χ0) is 33.9. The van der Waals surface area contributed by atoms with Crippen LogP contribution in [0.3, 0.4) is 0 Å². The number of hydrogen-bond acceptors (Lipinski definition) is 6. The predicted octanol–water partition coefficient (Wildman–Crippen LogP) is 8.35. The van der Waals surface area contributed by atoms with E-state index in [0.29, 0.717) is 28.4 Å². The van der Waals surface area contributed by atoms with Gasteiger partial charge >= 0.3 is 0 Å². The standard InChI is InChI=1S/C38H32BrN3O5S/c1-46-31-21-30(22-32(24-31)47-2)41-38(45)35(26-10-5-3-6-11-26)48-33-15-9-14-29(23-33)40-37(44)34(20-25-16-18-28(39)19-17-25)42-36(43)27-12-7-4-8-13-27/h3-24,35H,1-2H3,(H,40,44)(H,41,45)(H,42,43)/b34-20-. The fourth-order valence-electron chi connectivity index (χ4n) is 4.64. The lowest BCUT2D eigenvalue weighted by molar-refractivity contribution is -0.116. The molecule has 0 saturated heterocycles. The van der Waals surface area contributed by atoms with Gasteiger partial charge < -0.3 is 25.4 Å². The van der Waals surface area contributed by atoms with Gasteiger partial charge in [0, 0.05) is 44.5 Å². The Morgan fingerprint density at radius 2 is 1.35 bits per heavy atom. The molecule has 242 valence electrons. The van der Waals surface area contributed by atoms with Crippen molar-refractivity contribution < 1.29 is 23.9 Å². The zero-order valence-electron chi connectivity index (χ0n) is 26.1. The summed E-state index contributed by atoms with van der Waals surface area (Å²) in [5.74, 6) is -0.0761. The van der Waals surface area contributed by atoms with Gasteiger partial charge in [-0.2, -0.15) is 0 Å². The molecule has 0 aliphatic carbocycles. The number of thioether (sulfide) groups is 1. The third-order valence-electron chi connectivity index (χ3n) is 7.02. The Hall–Kier alpha value is -5.32. The van der Waals surface area contributed by atoms with Crippen molar-refractivity contribution in [3.63, 3.8) is 0 Å². The first-order chi connectivity index (χ1) is 23.3. The molecule has 48 heavy (non-hydrogen) atoms. The van der Waals surface area contributed by atoms with E-state index < -0.39 is 17.1 Å². The number of rotatable bonds is 12. The quantitative estimate of drug-likeness (QED) is 0.0884. The van der Waals surface area contributed by atoms with Crippen LogP contribution in [0.1, 0.15) is 26.7 Å². The van der Waals surface area contributed by atoms with E-state index in [4.69, 9.17) is 9.47 Å². The molecule has 0 heterocycles. The van der Waals surface area contributed by atoms with Crippen LogP contribution in [0.4, 0.5) is 11.4 Å². The van der Waals surface area contributed by atoms with Crippen LogP contribution < -0.4 is 25.4 Å². The zero-order valence-corrected chi connectivity index (χ0v) is 28.5. The van der Waals surface area contributed by atoms with Gasteiger partial charge in [-0.05, 0) is 59.7 Å². The Balaban J connectivity index is 1.38. The topological polar surface area (TPSA) is 106 Å². The van der Waals surface area contributed by atoms with E-state index in [1.807, 2.05) is 66.7 Å². The highest BCUT2D eigenvalue weighted by Crippen LogP contribution is 2.38. The number of carbonyl (C=O) groups excluding carboxylic acids is 3. The molecule has 1 unspecified atom stereocenters. The molecule has 0 bridgehead atoms. The maximum absolute atomic E-state index is 13.7. The van der Waals surface area contributed by atoms with Crippen molar-refractivity contribution in [3.05, 3.63) is 154 Å². The lowest BCUT2D eigenvalue weighted by atomic mass is 10.1. The summed E-state index contributed by atoms with van der Waals surface area (Å²) in [4.78, 5) is 41.2. The second-order valence-corrected chi connectivity index (χ2v) is 12.5. The Labute approximate surface area is 291 Å². The molecule has 0 aliphatic heterocycles. The molecule has 0 spiro atoms. The first-order valence-electron chi connectivity index (χ1n) is 14.8. The van der Waals surface area contributed by atoms with Crippen LogP contribution in [-0.2, 0) is 9.59 Å². The SMILES string of the molecule is COc1cc(NC(=O)C(Sc2cccc(NC(=O)/C(=C/c3ccc(Br)cc3)NC(=O)c3ccccc3)c2)c2ccccc2)cc(OC)c1. The molecule has 5 rings (SSSR count). The van der Waals surface area contributed by atoms with Gasteiger partial charge in [-0.25, -0.2) is 0 Å². The molecule has 5 aromatic rings. The summed E-state index contributed by atoms with van der Waals surface area (Å²) in [5.41, 5.74) is 3.04. The van der Waals surface area contributed by atoms with Gasteiger partial charge in [-0.3, -0.25) is 14.4 Å². The molecule has 8 nitrogen and oxygen atoms in total. The van der Waals surface area contributed by atoms with E-state index in [9.17, 15) is 14.4 Å². The van der Waals surface area contributed by atoms with Gasteiger partial charge in [0.25, 0.3) is 11.8 Å². The lowest BCUT2D eigenvalue weighted by Crippen LogP contribution is -2.30. The number of nitrogens with one attached hydrogen (secondary N) is 3. The fraction of sp³-hybridized carbons (Fsp3) is 0.0789. The average Bonchev–Trinajstić information content (AvgIpc) is 3.11. The van der Waals surface area contributed by atoms with Gasteiger partial charge in [0.15, 0.2) is 0 Å². The van der Waals surface area contributed by atoms with Crippen molar-refractivity contribution >= 4 is 62.9 Å². The molecule has 0 aliphatic rings.